The van der Waals surface area contributed by atoms with Crippen molar-refractivity contribution < 1.29 is 5.11 Å². The Morgan fingerprint density at radius 2 is 2.38 bits per heavy atom. The molecule has 1 fully saturated rings. The van der Waals surface area contributed by atoms with Gasteiger partial charge in [0.15, 0.2) is 0 Å². The lowest BCUT2D eigenvalue weighted by Gasteiger charge is -2.02. The molecule has 0 aromatic carbocycles. The fourth-order valence-electron chi connectivity index (χ4n) is 0.983. The molecule has 0 amide bonds. The van der Waals surface area contributed by atoms with Crippen LogP contribution in [-0.2, 0) is 0 Å². The molecule has 2 heteroatoms. The largest absolute Gasteiger partial charge is 0.390 e. The first kappa shape index (κ1) is 6.37. The monoisotopic (exact) mass is 134 g/mol. The highest BCUT2D eigenvalue weighted by Gasteiger charge is 2.48. The van der Waals surface area contributed by atoms with Gasteiger partial charge in [-0.05, 0) is 18.8 Å². The maximum atomic E-state index is 9.31. The highest BCUT2D eigenvalue weighted by molar-refractivity contribution is 6.17. The van der Waals surface area contributed by atoms with Crippen molar-refractivity contribution in [2.24, 2.45) is 5.92 Å². The van der Waals surface area contributed by atoms with E-state index in [1.54, 1.807) is 0 Å². The highest BCUT2D eigenvalue weighted by Crippen LogP contribution is 2.45. The standard InChI is InChI=1S/C6H11ClO/c1-5-4-6(5,8)2-3-7/h5,8H,2-4H2,1H3. The average molecular weight is 135 g/mol. The smallest absolute Gasteiger partial charge is 0.0689 e. The lowest BCUT2D eigenvalue weighted by Crippen LogP contribution is -2.09. The molecular formula is C6H11ClO. The maximum absolute atomic E-state index is 9.31. The van der Waals surface area contributed by atoms with E-state index < -0.39 is 0 Å². The fourth-order valence-corrected chi connectivity index (χ4v) is 1.31. The summed E-state index contributed by atoms with van der Waals surface area (Å²) in [7, 11) is 0. The van der Waals surface area contributed by atoms with Crippen LogP contribution in [0.5, 0.6) is 0 Å². The van der Waals surface area contributed by atoms with Crippen LogP contribution in [0.2, 0.25) is 0 Å². The Kier molecular flexibility index (Phi) is 1.50. The van der Waals surface area contributed by atoms with Crippen molar-refractivity contribution in [3.05, 3.63) is 0 Å². The van der Waals surface area contributed by atoms with Crippen LogP contribution in [0.25, 0.3) is 0 Å². The molecule has 0 aromatic rings. The zero-order chi connectivity index (χ0) is 6.20. The van der Waals surface area contributed by atoms with Crippen molar-refractivity contribution in [3.8, 4) is 0 Å². The number of hydrogen-bond donors (Lipinski definition) is 1. The molecule has 48 valence electrons. The third-order valence-electron chi connectivity index (χ3n) is 1.94. The summed E-state index contributed by atoms with van der Waals surface area (Å²) in [5, 5.41) is 9.31. The first-order valence-corrected chi connectivity index (χ1v) is 3.51. The van der Waals surface area contributed by atoms with Crippen molar-refractivity contribution in [2.75, 3.05) is 5.88 Å². The number of halogens is 1. The van der Waals surface area contributed by atoms with Crippen molar-refractivity contribution in [2.45, 2.75) is 25.4 Å². The Balaban J connectivity index is 2.25. The van der Waals surface area contributed by atoms with E-state index in [9.17, 15) is 5.11 Å². The summed E-state index contributed by atoms with van der Waals surface area (Å²) < 4.78 is 0. The maximum Gasteiger partial charge on any atom is 0.0689 e. The Morgan fingerprint density at radius 3 is 2.50 bits per heavy atom. The van der Waals surface area contributed by atoms with Gasteiger partial charge in [-0.25, -0.2) is 0 Å². The van der Waals surface area contributed by atoms with Crippen molar-refractivity contribution >= 4 is 11.6 Å². The molecule has 8 heavy (non-hydrogen) atoms. The first-order valence-electron chi connectivity index (χ1n) is 2.97. The summed E-state index contributed by atoms with van der Waals surface area (Å²) >= 11 is 5.43. The number of hydrogen-bond acceptors (Lipinski definition) is 1. The van der Waals surface area contributed by atoms with Crippen molar-refractivity contribution in [1.82, 2.24) is 0 Å². The Bertz CT molecular complexity index is 94.5. The summed E-state index contributed by atoms with van der Waals surface area (Å²) in [4.78, 5) is 0. The molecule has 1 N–H and O–H groups in total. The molecule has 2 atom stereocenters. The third-order valence-corrected chi connectivity index (χ3v) is 2.13. The van der Waals surface area contributed by atoms with E-state index in [0.717, 1.165) is 12.8 Å². The van der Waals surface area contributed by atoms with Crippen LogP contribution in [0.4, 0.5) is 0 Å². The molecule has 0 bridgehead atoms. The van der Waals surface area contributed by atoms with Crippen LogP contribution >= 0.6 is 11.6 Å². The lowest BCUT2D eigenvalue weighted by molar-refractivity contribution is 0.131. The Labute approximate surface area is 54.7 Å². The predicted octanol–water partition coefficient (Wildman–Crippen LogP) is 1.39. The van der Waals surface area contributed by atoms with E-state index in [-0.39, 0.29) is 5.60 Å². The summed E-state index contributed by atoms with van der Waals surface area (Å²) in [6.45, 7) is 2.05. The van der Waals surface area contributed by atoms with E-state index >= 15 is 0 Å². The molecule has 0 spiro atoms. The minimum absolute atomic E-state index is 0.373. The molecule has 0 radical (unpaired) electrons. The van der Waals surface area contributed by atoms with Crippen LogP contribution in [0.1, 0.15) is 19.8 Å². The molecule has 0 heterocycles. The van der Waals surface area contributed by atoms with Crippen LogP contribution in [0.3, 0.4) is 0 Å². The van der Waals surface area contributed by atoms with Gasteiger partial charge in [-0.3, -0.25) is 0 Å². The zero-order valence-electron chi connectivity index (χ0n) is 5.02. The van der Waals surface area contributed by atoms with Gasteiger partial charge in [0.25, 0.3) is 0 Å². The van der Waals surface area contributed by atoms with Crippen molar-refractivity contribution in [3.63, 3.8) is 0 Å². The first-order chi connectivity index (χ1) is 3.69. The van der Waals surface area contributed by atoms with E-state index in [1.165, 1.54) is 0 Å². The van der Waals surface area contributed by atoms with Crippen LogP contribution in [0.15, 0.2) is 0 Å². The van der Waals surface area contributed by atoms with E-state index in [4.69, 9.17) is 11.6 Å². The number of aliphatic hydroxyl groups is 1. The SMILES string of the molecule is CC1CC1(O)CCCl. The molecule has 1 nitrogen and oxygen atoms in total. The molecule has 2 unspecified atom stereocenters. The summed E-state index contributed by atoms with van der Waals surface area (Å²) in [6.07, 6.45) is 1.70. The van der Waals surface area contributed by atoms with Crippen molar-refractivity contribution in [1.29, 1.82) is 0 Å². The van der Waals surface area contributed by atoms with Crippen LogP contribution < -0.4 is 0 Å². The van der Waals surface area contributed by atoms with Gasteiger partial charge in [0.2, 0.25) is 0 Å². The molecular weight excluding hydrogens is 124 g/mol. The molecule has 1 rings (SSSR count). The second kappa shape index (κ2) is 1.89. The minimum atomic E-state index is -0.373. The second-order valence-corrected chi connectivity index (χ2v) is 3.03. The summed E-state index contributed by atoms with van der Waals surface area (Å²) in [6, 6.07) is 0. The molecule has 1 aliphatic rings. The van der Waals surface area contributed by atoms with Gasteiger partial charge in [-0.1, -0.05) is 6.92 Å². The highest BCUT2D eigenvalue weighted by atomic mass is 35.5. The molecule has 1 saturated carbocycles. The van der Waals surface area contributed by atoms with E-state index in [0.29, 0.717) is 11.8 Å². The van der Waals surface area contributed by atoms with Crippen LogP contribution in [0, 0.1) is 5.92 Å². The number of rotatable bonds is 2. The van der Waals surface area contributed by atoms with E-state index in [1.807, 2.05) is 6.92 Å². The third kappa shape index (κ3) is 0.981. The quantitative estimate of drug-likeness (QED) is 0.566. The zero-order valence-corrected chi connectivity index (χ0v) is 5.78. The van der Waals surface area contributed by atoms with Crippen LogP contribution in [-0.4, -0.2) is 16.6 Å². The van der Waals surface area contributed by atoms with Gasteiger partial charge >= 0.3 is 0 Å². The average Bonchev–Trinajstić information content (AvgIpc) is 2.16. The normalized spacial score (nSPS) is 44.6. The predicted molar refractivity (Wildman–Crippen MR) is 34.1 cm³/mol. The van der Waals surface area contributed by atoms with Gasteiger partial charge in [-0.2, -0.15) is 0 Å². The molecule has 0 aliphatic heterocycles. The Morgan fingerprint density at radius 1 is 1.88 bits per heavy atom. The lowest BCUT2D eigenvalue weighted by atomic mass is 10.2. The van der Waals surface area contributed by atoms with Gasteiger partial charge in [0.1, 0.15) is 0 Å². The molecule has 0 aromatic heterocycles. The van der Waals surface area contributed by atoms with Gasteiger partial charge in [-0.15, -0.1) is 11.6 Å². The number of alkyl halides is 1. The topological polar surface area (TPSA) is 20.2 Å². The molecule has 1 aliphatic carbocycles. The summed E-state index contributed by atoms with van der Waals surface area (Å²) in [5.74, 6) is 1.07. The summed E-state index contributed by atoms with van der Waals surface area (Å²) in [5.41, 5.74) is -0.373. The minimum Gasteiger partial charge on any atom is -0.390 e. The fraction of sp³-hybridized carbons (Fsp3) is 1.00. The van der Waals surface area contributed by atoms with Gasteiger partial charge < -0.3 is 5.11 Å². The second-order valence-electron chi connectivity index (χ2n) is 2.65. The van der Waals surface area contributed by atoms with E-state index in [2.05, 4.69) is 0 Å². The van der Waals surface area contributed by atoms with Gasteiger partial charge in [0.05, 0.1) is 5.60 Å². The Hall–Kier alpha value is 0.250. The van der Waals surface area contributed by atoms with Gasteiger partial charge in [0, 0.05) is 5.88 Å². The molecule has 0 saturated heterocycles.